The highest BCUT2D eigenvalue weighted by atomic mass is 35.5. The van der Waals surface area contributed by atoms with E-state index in [1.807, 2.05) is 30.5 Å². The lowest BCUT2D eigenvalue weighted by Gasteiger charge is -2.16. The number of imide groups is 1. The Morgan fingerprint density at radius 1 is 1.22 bits per heavy atom. The average Bonchev–Trinajstić information content (AvgIpc) is 2.94. The Kier molecular flexibility index (Phi) is 6.36. The number of ether oxygens (including phenoxy) is 1. The molecule has 1 saturated heterocycles. The largest absolute Gasteiger partial charge is 0.495 e. The molecule has 0 bridgehead atoms. The molecule has 1 fully saturated rings. The first kappa shape index (κ1) is 19.7. The smallest absolute Gasteiger partial charge is 0.295 e. The van der Waals surface area contributed by atoms with Crippen molar-refractivity contribution >= 4 is 58.0 Å². The molecule has 0 atom stereocenters. The zero-order chi connectivity index (χ0) is 19.4. The molecule has 0 spiro atoms. The van der Waals surface area contributed by atoms with Crippen LogP contribution in [0.25, 0.3) is 6.08 Å². The molecule has 1 aliphatic heterocycles. The molecular formula is C19H17ClN2O3S2. The van der Waals surface area contributed by atoms with Gasteiger partial charge >= 0.3 is 0 Å². The SMILES string of the molecule is COc1ccc(Cl)cc1NCN1C(=O)SC(=Cc2ccc(SC)cc2)C1=O. The van der Waals surface area contributed by atoms with Crippen molar-refractivity contribution in [3.05, 3.63) is 58.0 Å². The topological polar surface area (TPSA) is 58.6 Å². The lowest BCUT2D eigenvalue weighted by atomic mass is 10.2. The second kappa shape index (κ2) is 8.73. The third-order valence-corrected chi connectivity index (χ3v) is 5.76. The van der Waals surface area contributed by atoms with Gasteiger partial charge in [0.1, 0.15) is 5.75 Å². The van der Waals surface area contributed by atoms with Gasteiger partial charge < -0.3 is 10.1 Å². The van der Waals surface area contributed by atoms with E-state index < -0.39 is 0 Å². The fourth-order valence-electron chi connectivity index (χ4n) is 2.47. The Labute approximate surface area is 171 Å². The van der Waals surface area contributed by atoms with Crippen LogP contribution in [0.1, 0.15) is 5.56 Å². The predicted molar refractivity (Wildman–Crippen MR) is 113 cm³/mol. The van der Waals surface area contributed by atoms with E-state index >= 15 is 0 Å². The van der Waals surface area contributed by atoms with Gasteiger partial charge in [-0.25, -0.2) is 0 Å². The van der Waals surface area contributed by atoms with E-state index in [1.54, 1.807) is 43.1 Å². The highest BCUT2D eigenvalue weighted by molar-refractivity contribution is 8.18. The number of hydrogen-bond donors (Lipinski definition) is 1. The van der Waals surface area contributed by atoms with Crippen LogP contribution >= 0.6 is 35.1 Å². The number of nitrogens with one attached hydrogen (secondary N) is 1. The minimum Gasteiger partial charge on any atom is -0.495 e. The van der Waals surface area contributed by atoms with Gasteiger partial charge in [-0.15, -0.1) is 11.8 Å². The maximum atomic E-state index is 12.6. The summed E-state index contributed by atoms with van der Waals surface area (Å²) in [7, 11) is 1.54. The predicted octanol–water partition coefficient (Wildman–Crippen LogP) is 5.18. The summed E-state index contributed by atoms with van der Waals surface area (Å²) in [4.78, 5) is 27.6. The molecule has 0 saturated carbocycles. The van der Waals surface area contributed by atoms with Crippen molar-refractivity contribution in [2.24, 2.45) is 0 Å². The van der Waals surface area contributed by atoms with Crippen molar-refractivity contribution in [2.75, 3.05) is 25.4 Å². The summed E-state index contributed by atoms with van der Waals surface area (Å²) in [5, 5.41) is 3.25. The van der Waals surface area contributed by atoms with E-state index in [9.17, 15) is 9.59 Å². The molecule has 27 heavy (non-hydrogen) atoms. The minimum absolute atomic E-state index is 0.0319. The van der Waals surface area contributed by atoms with Crippen molar-refractivity contribution in [3.8, 4) is 5.75 Å². The Hall–Kier alpha value is -2.09. The Balaban J connectivity index is 1.72. The van der Waals surface area contributed by atoms with Crippen LogP contribution in [0.15, 0.2) is 52.3 Å². The minimum atomic E-state index is -0.326. The summed E-state index contributed by atoms with van der Waals surface area (Å²) in [6, 6.07) is 12.9. The van der Waals surface area contributed by atoms with Crippen LogP contribution in [0.3, 0.4) is 0 Å². The number of methoxy groups -OCH3 is 1. The van der Waals surface area contributed by atoms with Crippen LogP contribution in [-0.2, 0) is 4.79 Å². The van der Waals surface area contributed by atoms with Gasteiger partial charge in [-0.1, -0.05) is 23.7 Å². The standard InChI is InChI=1S/C19H17ClN2O3S2/c1-25-16-8-5-13(20)10-15(16)21-11-22-18(23)17(27-19(22)24)9-12-3-6-14(26-2)7-4-12/h3-10,21H,11H2,1-2H3. The van der Waals surface area contributed by atoms with E-state index in [-0.39, 0.29) is 17.8 Å². The van der Waals surface area contributed by atoms with Gasteiger partial charge in [-0.2, -0.15) is 0 Å². The molecule has 3 rings (SSSR count). The molecule has 1 aliphatic rings. The van der Waals surface area contributed by atoms with Crippen LogP contribution in [0.5, 0.6) is 5.75 Å². The first-order chi connectivity index (χ1) is 13.0. The molecule has 1 N–H and O–H groups in total. The van der Waals surface area contributed by atoms with Crippen LogP contribution in [0.2, 0.25) is 5.02 Å². The van der Waals surface area contributed by atoms with Gasteiger partial charge in [0.15, 0.2) is 0 Å². The van der Waals surface area contributed by atoms with Crippen molar-refractivity contribution in [1.29, 1.82) is 0 Å². The van der Waals surface area contributed by atoms with Crippen molar-refractivity contribution in [1.82, 2.24) is 4.90 Å². The van der Waals surface area contributed by atoms with Crippen LogP contribution in [0, 0.1) is 0 Å². The second-order valence-electron chi connectivity index (χ2n) is 5.56. The van der Waals surface area contributed by atoms with E-state index in [4.69, 9.17) is 16.3 Å². The number of nitrogens with zero attached hydrogens (tertiary/aromatic N) is 1. The third kappa shape index (κ3) is 4.61. The summed E-state index contributed by atoms with van der Waals surface area (Å²) in [6.45, 7) is 0.0319. The highest BCUT2D eigenvalue weighted by Crippen LogP contribution is 2.33. The normalized spacial score (nSPS) is 15.5. The molecule has 140 valence electrons. The number of thioether (sulfide) groups is 2. The Morgan fingerprint density at radius 3 is 2.63 bits per heavy atom. The number of benzene rings is 2. The molecular weight excluding hydrogens is 404 g/mol. The number of amides is 2. The van der Waals surface area contributed by atoms with Gasteiger partial charge in [0.2, 0.25) is 0 Å². The lowest BCUT2D eigenvalue weighted by molar-refractivity contribution is -0.122. The highest BCUT2D eigenvalue weighted by Gasteiger charge is 2.34. The summed E-state index contributed by atoms with van der Waals surface area (Å²) >= 11 is 8.58. The monoisotopic (exact) mass is 420 g/mol. The van der Waals surface area contributed by atoms with Gasteiger partial charge in [-0.3, -0.25) is 14.5 Å². The summed E-state index contributed by atoms with van der Waals surface area (Å²) in [5.74, 6) is 0.253. The number of hydrogen-bond acceptors (Lipinski definition) is 6. The zero-order valence-corrected chi connectivity index (χ0v) is 17.1. The molecule has 0 radical (unpaired) electrons. The maximum Gasteiger partial charge on any atom is 0.295 e. The van der Waals surface area contributed by atoms with Crippen LogP contribution in [-0.4, -0.2) is 36.1 Å². The summed E-state index contributed by atoms with van der Waals surface area (Å²) < 4.78 is 5.26. The lowest BCUT2D eigenvalue weighted by Crippen LogP contribution is -2.33. The van der Waals surface area contributed by atoms with E-state index in [2.05, 4.69) is 5.32 Å². The molecule has 1 heterocycles. The molecule has 0 aliphatic carbocycles. The fraction of sp³-hybridized carbons (Fsp3) is 0.158. The number of carbonyl (C=O) groups is 2. The van der Waals surface area contributed by atoms with E-state index in [0.717, 1.165) is 27.1 Å². The van der Waals surface area contributed by atoms with Gasteiger partial charge in [0, 0.05) is 9.92 Å². The molecule has 2 aromatic carbocycles. The number of halogens is 1. The third-order valence-electron chi connectivity index (χ3n) is 3.88. The van der Waals surface area contributed by atoms with E-state index in [1.165, 1.54) is 0 Å². The first-order valence-electron chi connectivity index (χ1n) is 7.98. The summed E-state index contributed by atoms with van der Waals surface area (Å²) in [5.41, 5.74) is 1.49. The fourth-order valence-corrected chi connectivity index (χ4v) is 3.89. The number of carbonyl (C=O) groups excluding carboxylic acids is 2. The quantitative estimate of drug-likeness (QED) is 0.513. The summed E-state index contributed by atoms with van der Waals surface area (Å²) in [6.07, 6.45) is 3.73. The molecule has 5 nitrogen and oxygen atoms in total. The number of rotatable bonds is 6. The van der Waals surface area contributed by atoms with Gasteiger partial charge in [0.25, 0.3) is 11.1 Å². The van der Waals surface area contributed by atoms with Crippen molar-refractivity contribution in [3.63, 3.8) is 0 Å². The second-order valence-corrected chi connectivity index (χ2v) is 7.87. The van der Waals surface area contributed by atoms with Crippen LogP contribution < -0.4 is 10.1 Å². The molecule has 2 amide bonds. The molecule has 0 unspecified atom stereocenters. The maximum absolute atomic E-state index is 12.6. The van der Waals surface area contributed by atoms with Crippen molar-refractivity contribution < 1.29 is 14.3 Å². The molecule has 2 aromatic rings. The van der Waals surface area contributed by atoms with Gasteiger partial charge in [-0.05, 0) is 60.0 Å². The zero-order valence-electron chi connectivity index (χ0n) is 14.7. The molecule has 0 aromatic heterocycles. The van der Waals surface area contributed by atoms with E-state index in [0.29, 0.717) is 21.4 Å². The molecule has 8 heteroatoms. The average molecular weight is 421 g/mol. The Bertz CT molecular complexity index is 900. The van der Waals surface area contributed by atoms with Crippen molar-refractivity contribution in [2.45, 2.75) is 4.90 Å². The number of anilines is 1. The van der Waals surface area contributed by atoms with Crippen LogP contribution in [0.4, 0.5) is 10.5 Å². The Morgan fingerprint density at radius 2 is 1.96 bits per heavy atom. The van der Waals surface area contributed by atoms with Gasteiger partial charge in [0.05, 0.1) is 24.4 Å². The first-order valence-corrected chi connectivity index (χ1v) is 10.4.